The molecule has 0 aromatic rings. The van der Waals surface area contributed by atoms with E-state index in [1.165, 1.54) is 40.6 Å². The summed E-state index contributed by atoms with van der Waals surface area (Å²) in [6.45, 7) is 0. The smallest absolute Gasteiger partial charge is 0.312 e. The molecule has 3 aliphatic rings. The SMILES string of the molecule is COC(=O)C1C=CCCCCC1.COC(=O)C1CC=CCCCC1.COC(=O)C1CCC=CCCC1. The van der Waals surface area contributed by atoms with Crippen molar-refractivity contribution in [2.75, 3.05) is 21.3 Å². The van der Waals surface area contributed by atoms with Gasteiger partial charge in [-0.3, -0.25) is 14.4 Å². The molecule has 0 fully saturated rings. The second-order valence-electron chi connectivity index (χ2n) is 9.61. The van der Waals surface area contributed by atoms with E-state index in [1.807, 2.05) is 6.08 Å². The van der Waals surface area contributed by atoms with Gasteiger partial charge in [0.25, 0.3) is 0 Å². The van der Waals surface area contributed by atoms with Gasteiger partial charge in [-0.1, -0.05) is 55.7 Å². The van der Waals surface area contributed by atoms with Gasteiger partial charge in [0.05, 0.1) is 39.1 Å². The monoisotopic (exact) mass is 504 g/mol. The van der Waals surface area contributed by atoms with Crippen molar-refractivity contribution in [3.05, 3.63) is 36.5 Å². The van der Waals surface area contributed by atoms with Gasteiger partial charge in [-0.25, -0.2) is 0 Å². The van der Waals surface area contributed by atoms with Crippen molar-refractivity contribution in [2.24, 2.45) is 17.8 Å². The summed E-state index contributed by atoms with van der Waals surface area (Å²) in [4.78, 5) is 33.5. The summed E-state index contributed by atoms with van der Waals surface area (Å²) >= 11 is 0. The fraction of sp³-hybridized carbons (Fsp3) is 0.700. The van der Waals surface area contributed by atoms with E-state index in [0.29, 0.717) is 0 Å². The minimum atomic E-state index is -0.0897. The average Bonchev–Trinajstić information content (AvgIpc) is 2.83. The third kappa shape index (κ3) is 14.3. The van der Waals surface area contributed by atoms with Crippen LogP contribution in [0.4, 0.5) is 0 Å². The Kier molecular flexibility index (Phi) is 18.3. The predicted octanol–water partition coefficient (Wildman–Crippen LogP) is 6.89. The predicted molar refractivity (Wildman–Crippen MR) is 143 cm³/mol. The zero-order chi connectivity index (χ0) is 26.4. The molecule has 3 rings (SSSR count). The molecule has 3 atom stereocenters. The Labute approximate surface area is 218 Å². The second kappa shape index (κ2) is 20.8. The lowest BCUT2D eigenvalue weighted by Gasteiger charge is -2.14. The molecule has 0 radical (unpaired) electrons. The van der Waals surface area contributed by atoms with Crippen molar-refractivity contribution in [3.8, 4) is 0 Å². The van der Waals surface area contributed by atoms with Crippen LogP contribution in [0.5, 0.6) is 0 Å². The molecule has 0 spiro atoms. The minimum Gasteiger partial charge on any atom is -0.469 e. The molecule has 0 N–H and O–H groups in total. The summed E-state index contributed by atoms with van der Waals surface area (Å²) in [5.41, 5.74) is 0. The number of hydrogen-bond donors (Lipinski definition) is 0. The summed E-state index contributed by atoms with van der Waals surface area (Å²) in [6.07, 6.45) is 28.9. The van der Waals surface area contributed by atoms with E-state index in [0.717, 1.165) is 77.0 Å². The number of carbonyl (C=O) groups is 3. The minimum absolute atomic E-state index is 0.00954. The lowest BCUT2D eigenvalue weighted by Crippen LogP contribution is -2.16. The summed E-state index contributed by atoms with van der Waals surface area (Å²) in [5, 5.41) is 0. The molecule has 6 heteroatoms. The lowest BCUT2D eigenvalue weighted by atomic mass is 9.94. The maximum atomic E-state index is 11.2. The maximum Gasteiger partial charge on any atom is 0.312 e. The summed E-state index contributed by atoms with van der Waals surface area (Å²) in [6, 6.07) is 0. The van der Waals surface area contributed by atoms with Gasteiger partial charge in [0.2, 0.25) is 0 Å². The lowest BCUT2D eigenvalue weighted by molar-refractivity contribution is -0.146. The Morgan fingerprint density at radius 3 is 1.83 bits per heavy atom. The number of methoxy groups -OCH3 is 3. The van der Waals surface area contributed by atoms with E-state index in [1.54, 1.807) is 0 Å². The highest BCUT2D eigenvalue weighted by Gasteiger charge is 2.19. The number of carbonyl (C=O) groups excluding carboxylic acids is 3. The van der Waals surface area contributed by atoms with Crippen molar-refractivity contribution >= 4 is 17.9 Å². The van der Waals surface area contributed by atoms with Crippen LogP contribution in [0.2, 0.25) is 0 Å². The molecular weight excluding hydrogens is 456 g/mol. The third-order valence-corrected chi connectivity index (χ3v) is 6.86. The van der Waals surface area contributed by atoms with Gasteiger partial charge in [0.1, 0.15) is 0 Å². The molecule has 36 heavy (non-hydrogen) atoms. The van der Waals surface area contributed by atoms with Crippen molar-refractivity contribution in [1.29, 1.82) is 0 Å². The maximum absolute atomic E-state index is 11.2. The fourth-order valence-corrected chi connectivity index (χ4v) is 4.60. The van der Waals surface area contributed by atoms with Gasteiger partial charge in [-0.05, 0) is 77.0 Å². The van der Waals surface area contributed by atoms with Crippen LogP contribution in [-0.4, -0.2) is 39.2 Å². The number of allylic oxidation sites excluding steroid dienone is 5. The highest BCUT2D eigenvalue weighted by molar-refractivity contribution is 5.74. The van der Waals surface area contributed by atoms with E-state index in [-0.39, 0.29) is 35.7 Å². The Bertz CT molecular complexity index is 708. The van der Waals surface area contributed by atoms with Gasteiger partial charge in [-0.2, -0.15) is 0 Å². The first-order valence-electron chi connectivity index (χ1n) is 13.7. The van der Waals surface area contributed by atoms with Crippen LogP contribution in [0.1, 0.15) is 96.3 Å². The van der Waals surface area contributed by atoms with Crippen LogP contribution < -0.4 is 0 Å². The van der Waals surface area contributed by atoms with Crippen LogP contribution in [-0.2, 0) is 28.6 Å². The fourth-order valence-electron chi connectivity index (χ4n) is 4.60. The highest BCUT2D eigenvalue weighted by atomic mass is 16.5. The van der Waals surface area contributed by atoms with E-state index in [4.69, 9.17) is 14.2 Å². The summed E-state index contributed by atoms with van der Waals surface area (Å²) in [7, 11) is 4.39. The van der Waals surface area contributed by atoms with Gasteiger partial charge in [-0.15, -0.1) is 0 Å². The van der Waals surface area contributed by atoms with Gasteiger partial charge in [0, 0.05) is 0 Å². The molecule has 0 heterocycles. The van der Waals surface area contributed by atoms with E-state index in [9.17, 15) is 14.4 Å². The standard InChI is InChI=1S/3C10H16O2/c3*1-12-10(11)9-7-5-3-2-4-6-8-9/h5,7,9H,2-4,6,8H2,1H3;3,5,9H,2,4,6-8H2,1H3;2-3,9H,4-8H2,1H3. The molecule has 0 bridgehead atoms. The van der Waals surface area contributed by atoms with Crippen LogP contribution in [0, 0.1) is 17.8 Å². The molecule has 0 aliphatic heterocycles. The molecule has 6 nitrogen and oxygen atoms in total. The van der Waals surface area contributed by atoms with Crippen LogP contribution in [0.25, 0.3) is 0 Å². The van der Waals surface area contributed by atoms with Gasteiger partial charge >= 0.3 is 17.9 Å². The molecule has 0 saturated carbocycles. The second-order valence-corrected chi connectivity index (χ2v) is 9.61. The number of rotatable bonds is 3. The Hall–Kier alpha value is -2.37. The largest absolute Gasteiger partial charge is 0.469 e. The first-order valence-corrected chi connectivity index (χ1v) is 13.7. The van der Waals surface area contributed by atoms with E-state index < -0.39 is 0 Å². The number of hydrogen-bond acceptors (Lipinski definition) is 6. The molecule has 0 aromatic heterocycles. The molecule has 204 valence electrons. The number of ether oxygens (including phenoxy) is 3. The molecule has 0 amide bonds. The molecule has 3 unspecified atom stereocenters. The Morgan fingerprint density at radius 2 is 1.08 bits per heavy atom. The first kappa shape index (κ1) is 31.7. The summed E-state index contributed by atoms with van der Waals surface area (Å²) in [5.74, 6) is 0.0711. The van der Waals surface area contributed by atoms with Crippen molar-refractivity contribution in [3.63, 3.8) is 0 Å². The van der Waals surface area contributed by atoms with Crippen molar-refractivity contribution < 1.29 is 28.6 Å². The zero-order valence-electron chi connectivity index (χ0n) is 22.8. The van der Waals surface area contributed by atoms with Crippen LogP contribution in [0.15, 0.2) is 36.5 Å². The summed E-state index contributed by atoms with van der Waals surface area (Å²) < 4.78 is 14.1. The van der Waals surface area contributed by atoms with Crippen molar-refractivity contribution in [1.82, 2.24) is 0 Å². The quantitative estimate of drug-likeness (QED) is 0.237. The molecular formula is C30H48O6. The third-order valence-electron chi connectivity index (χ3n) is 6.86. The van der Waals surface area contributed by atoms with E-state index >= 15 is 0 Å². The van der Waals surface area contributed by atoms with Crippen LogP contribution in [0.3, 0.4) is 0 Å². The van der Waals surface area contributed by atoms with Gasteiger partial charge in [0.15, 0.2) is 0 Å². The zero-order valence-corrected chi connectivity index (χ0v) is 22.8. The van der Waals surface area contributed by atoms with Crippen molar-refractivity contribution in [2.45, 2.75) is 96.3 Å². The van der Waals surface area contributed by atoms with E-state index in [2.05, 4.69) is 30.4 Å². The van der Waals surface area contributed by atoms with Crippen LogP contribution >= 0.6 is 0 Å². The first-order chi connectivity index (χ1) is 17.5. The topological polar surface area (TPSA) is 78.9 Å². The number of esters is 3. The average molecular weight is 505 g/mol. The Balaban J connectivity index is 0.000000270. The normalized spacial score (nSPS) is 24.2. The van der Waals surface area contributed by atoms with Gasteiger partial charge < -0.3 is 14.2 Å². The molecule has 0 saturated heterocycles. The highest BCUT2D eigenvalue weighted by Crippen LogP contribution is 2.20. The Morgan fingerprint density at radius 1 is 0.528 bits per heavy atom. The molecule has 0 aromatic carbocycles. The molecule has 3 aliphatic carbocycles.